The molecule has 0 unspecified atom stereocenters. The Morgan fingerprint density at radius 3 is 2.64 bits per heavy atom. The van der Waals surface area contributed by atoms with E-state index in [1.54, 1.807) is 26.8 Å². The summed E-state index contributed by atoms with van der Waals surface area (Å²) in [7, 11) is 0. The van der Waals surface area contributed by atoms with Crippen LogP contribution in [0.25, 0.3) is 5.69 Å². The number of rotatable bonds is 5. The largest absolute Gasteiger partial charge is 0.333 e. The van der Waals surface area contributed by atoms with Crippen molar-refractivity contribution in [3.63, 3.8) is 0 Å². The van der Waals surface area contributed by atoms with Crippen molar-refractivity contribution >= 4 is 5.91 Å². The van der Waals surface area contributed by atoms with Gasteiger partial charge in [0, 0.05) is 13.1 Å². The lowest BCUT2D eigenvalue weighted by Gasteiger charge is -2.38. The number of amides is 1. The lowest BCUT2D eigenvalue weighted by atomic mass is 10.1. The van der Waals surface area contributed by atoms with Crippen molar-refractivity contribution in [2.75, 3.05) is 13.1 Å². The van der Waals surface area contributed by atoms with E-state index < -0.39 is 0 Å². The summed E-state index contributed by atoms with van der Waals surface area (Å²) >= 11 is 0. The maximum atomic E-state index is 12.6. The number of carbonyl (C=O) groups is 1. The topological polar surface area (TPSA) is 112 Å². The van der Waals surface area contributed by atoms with Crippen LogP contribution >= 0.6 is 0 Å². The standard InChI is InChI=1S/C17H16N10O/c28-17(16-8-20-27(22-16)14-4-2-1-3-5-14)24-11-15(12-24)25-9-13(21-23-25)10-26-18-6-7-19-26/h1-9,15H,10-12H2. The molecule has 1 saturated heterocycles. The van der Waals surface area contributed by atoms with Crippen LogP contribution in [-0.2, 0) is 6.54 Å². The summed E-state index contributed by atoms with van der Waals surface area (Å²) in [6.45, 7) is 1.57. The molecule has 4 aromatic rings. The van der Waals surface area contributed by atoms with Crippen LogP contribution in [0.5, 0.6) is 0 Å². The fraction of sp³-hybridized carbons (Fsp3) is 0.235. The van der Waals surface area contributed by atoms with E-state index in [9.17, 15) is 4.79 Å². The van der Waals surface area contributed by atoms with Gasteiger partial charge in [0.05, 0.1) is 36.5 Å². The first-order valence-corrected chi connectivity index (χ1v) is 8.78. The molecule has 1 amide bonds. The Kier molecular flexibility index (Phi) is 3.89. The van der Waals surface area contributed by atoms with Crippen molar-refractivity contribution in [2.45, 2.75) is 12.6 Å². The first-order valence-electron chi connectivity index (χ1n) is 8.78. The molecule has 11 nitrogen and oxygen atoms in total. The van der Waals surface area contributed by atoms with Crippen LogP contribution in [0.3, 0.4) is 0 Å². The number of hydrogen-bond acceptors (Lipinski definition) is 7. The molecular weight excluding hydrogens is 360 g/mol. The predicted octanol–water partition coefficient (Wildman–Crippen LogP) is 0.196. The van der Waals surface area contributed by atoms with E-state index >= 15 is 0 Å². The van der Waals surface area contributed by atoms with Crippen LogP contribution in [0.4, 0.5) is 0 Å². The Morgan fingerprint density at radius 2 is 1.86 bits per heavy atom. The van der Waals surface area contributed by atoms with Gasteiger partial charge in [-0.25, -0.2) is 4.68 Å². The van der Waals surface area contributed by atoms with Gasteiger partial charge >= 0.3 is 0 Å². The van der Waals surface area contributed by atoms with E-state index in [2.05, 4.69) is 30.7 Å². The molecule has 140 valence electrons. The molecule has 1 aromatic carbocycles. The highest BCUT2D eigenvalue weighted by molar-refractivity contribution is 5.92. The Bertz CT molecular complexity index is 1080. The number of para-hydroxylation sites is 1. The second-order valence-corrected chi connectivity index (χ2v) is 6.47. The molecule has 0 bridgehead atoms. The van der Waals surface area contributed by atoms with E-state index in [0.717, 1.165) is 11.4 Å². The zero-order valence-corrected chi connectivity index (χ0v) is 14.8. The van der Waals surface area contributed by atoms with Crippen molar-refractivity contribution < 1.29 is 4.79 Å². The Balaban J connectivity index is 1.21. The minimum atomic E-state index is -0.139. The quantitative estimate of drug-likeness (QED) is 0.489. The van der Waals surface area contributed by atoms with Gasteiger partial charge in [-0.05, 0) is 12.1 Å². The van der Waals surface area contributed by atoms with Crippen LogP contribution in [0.15, 0.2) is 55.1 Å². The van der Waals surface area contributed by atoms with Gasteiger partial charge in [-0.3, -0.25) is 4.79 Å². The third-order valence-corrected chi connectivity index (χ3v) is 4.55. The van der Waals surface area contributed by atoms with E-state index in [1.807, 2.05) is 36.5 Å². The number of benzene rings is 1. The SMILES string of the molecule is O=C(c1cnn(-c2ccccc2)n1)N1CC(n2cc(Cn3nccn3)nn2)C1. The van der Waals surface area contributed by atoms with Crippen molar-refractivity contribution in [1.82, 2.24) is 49.9 Å². The highest BCUT2D eigenvalue weighted by atomic mass is 16.2. The van der Waals surface area contributed by atoms with Crippen molar-refractivity contribution in [2.24, 2.45) is 0 Å². The van der Waals surface area contributed by atoms with Crippen LogP contribution in [0.1, 0.15) is 22.2 Å². The summed E-state index contributed by atoms with van der Waals surface area (Å²) in [4.78, 5) is 17.3. The lowest BCUT2D eigenvalue weighted by molar-refractivity contribution is 0.0492. The maximum Gasteiger partial charge on any atom is 0.276 e. The Hall–Kier alpha value is -3.89. The fourth-order valence-electron chi connectivity index (χ4n) is 3.03. The fourth-order valence-corrected chi connectivity index (χ4v) is 3.03. The first-order chi connectivity index (χ1) is 13.8. The second kappa shape index (κ2) is 6.68. The van der Waals surface area contributed by atoms with E-state index in [1.165, 1.54) is 11.0 Å². The average molecular weight is 376 g/mol. The molecular formula is C17H16N10O. The molecule has 0 aliphatic carbocycles. The van der Waals surface area contributed by atoms with Gasteiger partial charge in [-0.15, -0.1) is 10.2 Å². The predicted molar refractivity (Wildman–Crippen MR) is 95.4 cm³/mol. The molecule has 0 spiro atoms. The van der Waals surface area contributed by atoms with Crippen LogP contribution in [0, 0.1) is 0 Å². The maximum absolute atomic E-state index is 12.6. The van der Waals surface area contributed by atoms with Gasteiger partial charge in [-0.2, -0.15) is 24.9 Å². The molecule has 1 aliphatic rings. The van der Waals surface area contributed by atoms with E-state index in [4.69, 9.17) is 0 Å². The Labute approximate surface area is 159 Å². The minimum absolute atomic E-state index is 0.0972. The van der Waals surface area contributed by atoms with Crippen LogP contribution in [-0.4, -0.2) is 68.9 Å². The van der Waals surface area contributed by atoms with Crippen LogP contribution < -0.4 is 0 Å². The van der Waals surface area contributed by atoms with Gasteiger partial charge in [0.1, 0.15) is 12.2 Å². The first kappa shape index (κ1) is 16.3. The Morgan fingerprint density at radius 1 is 1.07 bits per heavy atom. The summed E-state index contributed by atoms with van der Waals surface area (Å²) in [6.07, 6.45) is 6.59. The third kappa shape index (κ3) is 3.02. The highest BCUT2D eigenvalue weighted by Crippen LogP contribution is 2.22. The normalized spacial score (nSPS) is 14.2. The van der Waals surface area contributed by atoms with Gasteiger partial charge in [0.25, 0.3) is 5.91 Å². The number of nitrogens with zero attached hydrogens (tertiary/aromatic N) is 10. The molecule has 1 aliphatic heterocycles. The summed E-state index contributed by atoms with van der Waals surface area (Å²) < 4.78 is 1.78. The second-order valence-electron chi connectivity index (χ2n) is 6.47. The average Bonchev–Trinajstić information content (AvgIpc) is 3.44. The van der Waals surface area contributed by atoms with Gasteiger partial charge in [0.2, 0.25) is 0 Å². The zero-order chi connectivity index (χ0) is 18.9. The summed E-state index contributed by atoms with van der Waals surface area (Å²) in [5, 5.41) is 24.9. The molecule has 0 radical (unpaired) electrons. The molecule has 28 heavy (non-hydrogen) atoms. The minimum Gasteiger partial charge on any atom is -0.333 e. The molecule has 4 heterocycles. The van der Waals surface area contributed by atoms with Crippen molar-refractivity contribution in [3.05, 3.63) is 66.5 Å². The van der Waals surface area contributed by atoms with E-state index in [0.29, 0.717) is 25.3 Å². The van der Waals surface area contributed by atoms with E-state index in [-0.39, 0.29) is 11.9 Å². The molecule has 5 rings (SSSR count). The monoisotopic (exact) mass is 376 g/mol. The molecule has 0 N–H and O–H groups in total. The lowest BCUT2D eigenvalue weighted by Crippen LogP contribution is -2.51. The summed E-state index contributed by atoms with van der Waals surface area (Å²) in [5.41, 5.74) is 1.91. The smallest absolute Gasteiger partial charge is 0.276 e. The van der Waals surface area contributed by atoms with Gasteiger partial charge < -0.3 is 4.90 Å². The molecule has 1 fully saturated rings. The highest BCUT2D eigenvalue weighted by Gasteiger charge is 2.34. The van der Waals surface area contributed by atoms with Crippen molar-refractivity contribution in [1.29, 1.82) is 0 Å². The number of carbonyl (C=O) groups excluding carboxylic acids is 1. The van der Waals surface area contributed by atoms with Crippen molar-refractivity contribution in [3.8, 4) is 5.69 Å². The molecule has 0 atom stereocenters. The number of likely N-dealkylation sites (tertiary alicyclic amines) is 1. The molecule has 3 aromatic heterocycles. The van der Waals surface area contributed by atoms with Crippen LogP contribution in [0.2, 0.25) is 0 Å². The molecule has 11 heteroatoms. The van der Waals surface area contributed by atoms with Gasteiger partial charge in [0.15, 0.2) is 5.69 Å². The number of aromatic nitrogens is 9. The summed E-state index contributed by atoms with van der Waals surface area (Å²) in [5.74, 6) is -0.139. The van der Waals surface area contributed by atoms with Gasteiger partial charge in [-0.1, -0.05) is 23.4 Å². The molecule has 0 saturated carbocycles. The third-order valence-electron chi connectivity index (χ3n) is 4.55. The number of hydrogen-bond donors (Lipinski definition) is 0. The zero-order valence-electron chi connectivity index (χ0n) is 14.8. The summed E-state index contributed by atoms with van der Waals surface area (Å²) in [6, 6.07) is 9.58.